The highest BCUT2D eigenvalue weighted by Gasteiger charge is 2.29. The standard InChI is InChI=1S/C15H24N2O2/c1-18-8-7-17(14-4-5-14)11-13-9-12(10-16)3-6-15(13)19-2/h3,6,9,14H,4-5,7-8,10-11,16H2,1-2H3. The average molecular weight is 264 g/mol. The first-order chi connectivity index (χ1) is 9.28. The SMILES string of the molecule is COCCN(Cc1cc(CN)ccc1OC)C1CC1. The number of nitrogens with zero attached hydrogens (tertiary/aromatic N) is 1. The van der Waals surface area contributed by atoms with Gasteiger partial charge in [0.25, 0.3) is 0 Å². The number of methoxy groups -OCH3 is 2. The Labute approximate surface area is 115 Å². The third-order valence-electron chi connectivity index (χ3n) is 3.60. The van der Waals surface area contributed by atoms with Crippen LogP contribution in [-0.2, 0) is 17.8 Å². The van der Waals surface area contributed by atoms with E-state index in [2.05, 4.69) is 11.0 Å². The summed E-state index contributed by atoms with van der Waals surface area (Å²) in [5.41, 5.74) is 8.09. The minimum atomic E-state index is 0.568. The fourth-order valence-electron chi connectivity index (χ4n) is 2.34. The molecule has 1 aliphatic carbocycles. The molecule has 0 spiro atoms. The van der Waals surface area contributed by atoms with Crippen molar-refractivity contribution in [1.29, 1.82) is 0 Å². The van der Waals surface area contributed by atoms with Gasteiger partial charge >= 0.3 is 0 Å². The van der Waals surface area contributed by atoms with Gasteiger partial charge in [-0.05, 0) is 30.5 Å². The first-order valence-corrected chi connectivity index (χ1v) is 6.87. The minimum absolute atomic E-state index is 0.568. The molecule has 4 heteroatoms. The molecule has 19 heavy (non-hydrogen) atoms. The van der Waals surface area contributed by atoms with Gasteiger partial charge in [-0.2, -0.15) is 0 Å². The molecule has 0 bridgehead atoms. The zero-order chi connectivity index (χ0) is 13.7. The van der Waals surface area contributed by atoms with Gasteiger partial charge in [0.15, 0.2) is 0 Å². The molecule has 0 radical (unpaired) electrons. The van der Waals surface area contributed by atoms with Crippen LogP contribution < -0.4 is 10.5 Å². The fourth-order valence-corrected chi connectivity index (χ4v) is 2.34. The van der Waals surface area contributed by atoms with Crippen molar-refractivity contribution in [3.8, 4) is 5.75 Å². The van der Waals surface area contributed by atoms with Crippen molar-refractivity contribution < 1.29 is 9.47 Å². The molecule has 0 atom stereocenters. The van der Waals surface area contributed by atoms with Crippen molar-refractivity contribution in [2.45, 2.75) is 32.0 Å². The molecule has 0 saturated heterocycles. The third kappa shape index (κ3) is 3.93. The summed E-state index contributed by atoms with van der Waals surface area (Å²) in [6.45, 7) is 3.22. The second-order valence-corrected chi connectivity index (χ2v) is 5.04. The Morgan fingerprint density at radius 2 is 2.11 bits per heavy atom. The summed E-state index contributed by atoms with van der Waals surface area (Å²) in [6, 6.07) is 6.90. The zero-order valence-corrected chi connectivity index (χ0v) is 11.9. The predicted molar refractivity (Wildman–Crippen MR) is 76.2 cm³/mol. The highest BCUT2D eigenvalue weighted by molar-refractivity contribution is 5.37. The van der Waals surface area contributed by atoms with Gasteiger partial charge in [0.2, 0.25) is 0 Å². The lowest BCUT2D eigenvalue weighted by molar-refractivity contribution is 0.139. The van der Waals surface area contributed by atoms with Crippen molar-refractivity contribution in [1.82, 2.24) is 4.90 Å². The number of nitrogens with two attached hydrogens (primary N) is 1. The first-order valence-electron chi connectivity index (χ1n) is 6.87. The maximum Gasteiger partial charge on any atom is 0.123 e. The summed E-state index contributed by atoms with van der Waals surface area (Å²) >= 11 is 0. The molecule has 1 aliphatic rings. The summed E-state index contributed by atoms with van der Waals surface area (Å²) in [5.74, 6) is 0.945. The van der Waals surface area contributed by atoms with Gasteiger partial charge in [-0.15, -0.1) is 0 Å². The number of benzene rings is 1. The molecule has 106 valence electrons. The van der Waals surface area contributed by atoms with Crippen LogP contribution in [0.1, 0.15) is 24.0 Å². The van der Waals surface area contributed by atoms with E-state index in [1.165, 1.54) is 18.4 Å². The maximum atomic E-state index is 5.72. The molecule has 0 aliphatic heterocycles. The average Bonchev–Trinajstić information content (AvgIpc) is 3.27. The summed E-state index contributed by atoms with van der Waals surface area (Å²) in [7, 11) is 3.47. The van der Waals surface area contributed by atoms with Gasteiger partial charge in [-0.3, -0.25) is 4.90 Å². The fraction of sp³-hybridized carbons (Fsp3) is 0.600. The lowest BCUT2D eigenvalue weighted by atomic mass is 10.1. The molecule has 0 amide bonds. The molecular weight excluding hydrogens is 240 g/mol. The molecule has 2 N–H and O–H groups in total. The lowest BCUT2D eigenvalue weighted by Gasteiger charge is -2.23. The van der Waals surface area contributed by atoms with Crippen molar-refractivity contribution >= 4 is 0 Å². The van der Waals surface area contributed by atoms with Crippen molar-refractivity contribution in [2.24, 2.45) is 5.73 Å². The van der Waals surface area contributed by atoms with Crippen molar-refractivity contribution in [3.05, 3.63) is 29.3 Å². The van der Waals surface area contributed by atoms with Crippen LogP contribution in [0.15, 0.2) is 18.2 Å². The largest absolute Gasteiger partial charge is 0.496 e. The van der Waals surface area contributed by atoms with Gasteiger partial charge < -0.3 is 15.2 Å². The van der Waals surface area contributed by atoms with E-state index in [1.807, 2.05) is 12.1 Å². The number of hydrogen-bond acceptors (Lipinski definition) is 4. The van der Waals surface area contributed by atoms with Crippen molar-refractivity contribution in [3.63, 3.8) is 0 Å². The molecule has 4 nitrogen and oxygen atoms in total. The number of hydrogen-bond donors (Lipinski definition) is 1. The van der Waals surface area contributed by atoms with Gasteiger partial charge in [0, 0.05) is 38.3 Å². The van der Waals surface area contributed by atoms with Crippen LogP contribution in [-0.4, -0.2) is 38.3 Å². The Bertz CT molecular complexity index is 405. The van der Waals surface area contributed by atoms with Gasteiger partial charge in [-0.1, -0.05) is 6.07 Å². The highest BCUT2D eigenvalue weighted by atomic mass is 16.5. The van der Waals surface area contributed by atoms with E-state index in [0.717, 1.165) is 31.0 Å². The van der Waals surface area contributed by atoms with Crippen LogP contribution >= 0.6 is 0 Å². The maximum absolute atomic E-state index is 5.72. The minimum Gasteiger partial charge on any atom is -0.496 e. The van der Waals surface area contributed by atoms with E-state index in [9.17, 15) is 0 Å². The molecular formula is C15H24N2O2. The van der Waals surface area contributed by atoms with E-state index in [1.54, 1.807) is 14.2 Å². The summed E-state index contributed by atoms with van der Waals surface area (Å²) < 4.78 is 10.6. The summed E-state index contributed by atoms with van der Waals surface area (Å²) in [6.07, 6.45) is 2.59. The molecule has 2 rings (SSSR count). The van der Waals surface area contributed by atoms with Crippen LogP contribution in [0, 0.1) is 0 Å². The van der Waals surface area contributed by atoms with Gasteiger partial charge in [-0.25, -0.2) is 0 Å². The zero-order valence-electron chi connectivity index (χ0n) is 11.9. The predicted octanol–water partition coefficient (Wildman–Crippen LogP) is 1.76. The van der Waals surface area contributed by atoms with E-state index >= 15 is 0 Å². The van der Waals surface area contributed by atoms with Crippen molar-refractivity contribution in [2.75, 3.05) is 27.4 Å². The van der Waals surface area contributed by atoms with E-state index in [4.69, 9.17) is 15.2 Å². The molecule has 0 aromatic heterocycles. The van der Waals surface area contributed by atoms with Crippen LogP contribution in [0.25, 0.3) is 0 Å². The molecule has 1 saturated carbocycles. The molecule has 1 fully saturated rings. The normalized spacial score (nSPS) is 14.9. The van der Waals surface area contributed by atoms with E-state index < -0.39 is 0 Å². The molecule has 0 unspecified atom stereocenters. The smallest absolute Gasteiger partial charge is 0.123 e. The lowest BCUT2D eigenvalue weighted by Crippen LogP contribution is -2.29. The Kier molecular flexibility index (Phi) is 5.19. The van der Waals surface area contributed by atoms with Crippen LogP contribution in [0.5, 0.6) is 5.75 Å². The van der Waals surface area contributed by atoms with Gasteiger partial charge in [0.05, 0.1) is 13.7 Å². The van der Waals surface area contributed by atoms with E-state index in [0.29, 0.717) is 12.6 Å². The van der Waals surface area contributed by atoms with Crippen LogP contribution in [0.2, 0.25) is 0 Å². The quantitative estimate of drug-likeness (QED) is 0.777. The third-order valence-corrected chi connectivity index (χ3v) is 3.60. The molecule has 1 aromatic rings. The highest BCUT2D eigenvalue weighted by Crippen LogP contribution is 2.30. The second-order valence-electron chi connectivity index (χ2n) is 5.04. The Hall–Kier alpha value is -1.10. The van der Waals surface area contributed by atoms with E-state index in [-0.39, 0.29) is 0 Å². The van der Waals surface area contributed by atoms with Gasteiger partial charge in [0.1, 0.15) is 5.75 Å². The topological polar surface area (TPSA) is 47.7 Å². The molecule has 1 aromatic carbocycles. The number of ether oxygens (including phenoxy) is 2. The summed E-state index contributed by atoms with van der Waals surface area (Å²) in [5, 5.41) is 0. The molecule has 0 heterocycles. The summed E-state index contributed by atoms with van der Waals surface area (Å²) in [4.78, 5) is 2.47. The Morgan fingerprint density at radius 3 is 2.68 bits per heavy atom. The van der Waals surface area contributed by atoms with Crippen LogP contribution in [0.4, 0.5) is 0 Å². The Balaban J connectivity index is 2.09. The monoisotopic (exact) mass is 264 g/mol. The van der Waals surface area contributed by atoms with Crippen LogP contribution in [0.3, 0.4) is 0 Å². The first kappa shape index (κ1) is 14.3. The second kappa shape index (κ2) is 6.89. The Morgan fingerprint density at radius 1 is 1.32 bits per heavy atom. The number of rotatable bonds is 8.